The Morgan fingerprint density at radius 1 is 1.53 bits per heavy atom. The number of aromatic nitrogens is 1. The van der Waals surface area contributed by atoms with Gasteiger partial charge >= 0.3 is 12.3 Å². The van der Waals surface area contributed by atoms with E-state index in [0.29, 0.717) is 12.3 Å². The van der Waals surface area contributed by atoms with E-state index in [1.54, 1.807) is 0 Å². The summed E-state index contributed by atoms with van der Waals surface area (Å²) in [7, 11) is 0. The average Bonchev–Trinajstić information content (AvgIpc) is 2.05. The van der Waals surface area contributed by atoms with E-state index >= 15 is 0 Å². The lowest BCUT2D eigenvalue weighted by atomic mass is 10.3. The third-order valence-corrected chi connectivity index (χ3v) is 1.58. The highest BCUT2D eigenvalue weighted by Gasteiger charge is 2.31. The number of rotatable bonds is 2. The van der Waals surface area contributed by atoms with Crippen molar-refractivity contribution in [3.05, 3.63) is 23.0 Å². The number of nitrogens with zero attached hydrogens (tertiary/aromatic N) is 1. The zero-order chi connectivity index (χ0) is 11.6. The van der Waals surface area contributed by atoms with Crippen LogP contribution in [0.4, 0.5) is 13.2 Å². The van der Waals surface area contributed by atoms with E-state index in [0.717, 1.165) is 0 Å². The Morgan fingerprint density at radius 3 is 2.60 bits per heavy atom. The molecule has 1 rings (SSSR count). The molecule has 0 aliphatic carbocycles. The van der Waals surface area contributed by atoms with Crippen LogP contribution < -0.4 is 4.74 Å². The van der Waals surface area contributed by atoms with Crippen molar-refractivity contribution in [1.82, 2.24) is 4.98 Å². The molecule has 1 N–H and O–H groups in total. The summed E-state index contributed by atoms with van der Waals surface area (Å²) in [5.74, 6) is -2.22. The number of ether oxygens (including phenoxy) is 1. The minimum absolute atomic E-state index is 0.406. The molecular weight excluding hydrogens is 239 g/mol. The number of alkyl halides is 3. The summed E-state index contributed by atoms with van der Waals surface area (Å²) in [5.41, 5.74) is -0.557. The molecule has 0 amide bonds. The van der Waals surface area contributed by atoms with Crippen LogP contribution in [0, 0.1) is 0 Å². The van der Waals surface area contributed by atoms with Gasteiger partial charge in [-0.3, -0.25) is 0 Å². The van der Waals surface area contributed by atoms with Crippen LogP contribution in [-0.4, -0.2) is 22.4 Å². The molecule has 4 nitrogen and oxygen atoms in total. The summed E-state index contributed by atoms with van der Waals surface area (Å²) < 4.78 is 38.7. The predicted molar refractivity (Wildman–Crippen MR) is 42.9 cm³/mol. The minimum Gasteiger partial charge on any atom is -0.478 e. The van der Waals surface area contributed by atoms with Crippen molar-refractivity contribution in [2.75, 3.05) is 0 Å². The van der Waals surface area contributed by atoms with Gasteiger partial charge in [-0.1, -0.05) is 11.6 Å². The molecule has 0 atom stereocenters. The first-order valence-electron chi connectivity index (χ1n) is 3.44. The van der Waals surface area contributed by atoms with Crippen molar-refractivity contribution in [2.24, 2.45) is 0 Å². The molecule has 0 aliphatic rings. The van der Waals surface area contributed by atoms with Gasteiger partial charge in [0.05, 0.1) is 6.20 Å². The normalized spacial score (nSPS) is 11.2. The third kappa shape index (κ3) is 3.28. The number of halogens is 4. The van der Waals surface area contributed by atoms with Gasteiger partial charge in [-0.2, -0.15) is 0 Å². The number of hydrogen-bond donors (Lipinski definition) is 1. The number of pyridine rings is 1. The number of carboxylic acids is 1. The Hall–Kier alpha value is -1.50. The lowest BCUT2D eigenvalue weighted by molar-refractivity contribution is -0.274. The van der Waals surface area contributed by atoms with Crippen molar-refractivity contribution in [3.8, 4) is 5.75 Å². The summed E-state index contributed by atoms with van der Waals surface area (Å²) in [6.07, 6.45) is -4.21. The molecule has 0 spiro atoms. The Morgan fingerprint density at radius 2 is 2.13 bits per heavy atom. The first kappa shape index (κ1) is 11.6. The maximum Gasteiger partial charge on any atom is 0.573 e. The number of aromatic carboxylic acids is 1. The molecule has 0 saturated carbocycles. The van der Waals surface area contributed by atoms with E-state index in [1.165, 1.54) is 0 Å². The Bertz CT molecular complexity index is 394. The van der Waals surface area contributed by atoms with Gasteiger partial charge in [0, 0.05) is 0 Å². The molecule has 0 aromatic carbocycles. The molecule has 1 aromatic heterocycles. The van der Waals surface area contributed by atoms with E-state index in [4.69, 9.17) is 16.7 Å². The molecule has 15 heavy (non-hydrogen) atoms. The molecule has 0 radical (unpaired) electrons. The standard InChI is InChI=1S/C7H3ClF3NO3/c8-5-4(6(13)14)1-3(2-12-5)15-7(9,10)11/h1-2H,(H,13,14). The predicted octanol–water partition coefficient (Wildman–Crippen LogP) is 2.33. The monoisotopic (exact) mass is 241 g/mol. The van der Waals surface area contributed by atoms with Gasteiger partial charge < -0.3 is 9.84 Å². The first-order valence-corrected chi connectivity index (χ1v) is 3.82. The average molecular weight is 242 g/mol. The topological polar surface area (TPSA) is 59.4 Å². The van der Waals surface area contributed by atoms with Crippen LogP contribution in [0.25, 0.3) is 0 Å². The van der Waals surface area contributed by atoms with Gasteiger partial charge in [0.2, 0.25) is 0 Å². The van der Waals surface area contributed by atoms with Crippen LogP contribution in [0.15, 0.2) is 12.3 Å². The summed E-state index contributed by atoms with van der Waals surface area (Å²) in [6.45, 7) is 0. The second-order valence-electron chi connectivity index (χ2n) is 2.36. The second-order valence-corrected chi connectivity index (χ2v) is 2.72. The molecule has 1 aromatic rings. The van der Waals surface area contributed by atoms with Crippen molar-refractivity contribution in [1.29, 1.82) is 0 Å². The fourth-order valence-corrected chi connectivity index (χ4v) is 0.953. The first-order chi connectivity index (χ1) is 6.79. The van der Waals surface area contributed by atoms with Crippen LogP contribution in [0.2, 0.25) is 5.15 Å². The Balaban J connectivity index is 3.03. The summed E-state index contributed by atoms with van der Waals surface area (Å²) >= 11 is 5.33. The summed E-state index contributed by atoms with van der Waals surface area (Å²) in [5, 5.41) is 8.12. The van der Waals surface area contributed by atoms with Crippen LogP contribution in [0.3, 0.4) is 0 Å². The highest BCUT2D eigenvalue weighted by Crippen LogP contribution is 2.25. The second kappa shape index (κ2) is 3.93. The summed E-state index contributed by atoms with van der Waals surface area (Å²) in [4.78, 5) is 13.7. The molecule has 1 heterocycles. The smallest absolute Gasteiger partial charge is 0.478 e. The highest BCUT2D eigenvalue weighted by atomic mass is 35.5. The Kier molecular flexibility index (Phi) is 3.04. The largest absolute Gasteiger partial charge is 0.573 e. The van der Waals surface area contributed by atoms with Gasteiger partial charge in [0.25, 0.3) is 0 Å². The van der Waals surface area contributed by atoms with Gasteiger partial charge in [0.15, 0.2) is 0 Å². The van der Waals surface area contributed by atoms with Crippen molar-refractivity contribution >= 4 is 17.6 Å². The zero-order valence-electron chi connectivity index (χ0n) is 6.88. The van der Waals surface area contributed by atoms with Gasteiger partial charge in [-0.25, -0.2) is 9.78 Å². The summed E-state index contributed by atoms with van der Waals surface area (Å²) in [6, 6.07) is 0.644. The van der Waals surface area contributed by atoms with Crippen LogP contribution >= 0.6 is 11.6 Å². The van der Waals surface area contributed by atoms with Gasteiger partial charge in [-0.05, 0) is 6.07 Å². The maximum absolute atomic E-state index is 11.7. The molecule has 0 bridgehead atoms. The molecule has 0 fully saturated rings. The van der Waals surface area contributed by atoms with Gasteiger partial charge in [0.1, 0.15) is 16.5 Å². The maximum atomic E-state index is 11.7. The molecule has 0 unspecified atom stereocenters. The van der Waals surface area contributed by atoms with Crippen LogP contribution in [-0.2, 0) is 0 Å². The number of carboxylic acid groups (broad SMARTS) is 1. The van der Waals surface area contributed by atoms with E-state index in [-0.39, 0.29) is 0 Å². The molecule has 82 valence electrons. The Labute approximate surface area is 86.3 Å². The number of hydrogen-bond acceptors (Lipinski definition) is 3. The lowest BCUT2D eigenvalue weighted by Crippen LogP contribution is -2.17. The quantitative estimate of drug-likeness (QED) is 0.808. The SMILES string of the molecule is O=C(O)c1cc(OC(F)(F)F)cnc1Cl. The van der Waals surface area contributed by atoms with E-state index in [1.807, 2.05) is 0 Å². The third-order valence-electron chi connectivity index (χ3n) is 1.28. The fourth-order valence-electron chi connectivity index (χ4n) is 0.768. The zero-order valence-corrected chi connectivity index (χ0v) is 7.63. The van der Waals surface area contributed by atoms with E-state index in [9.17, 15) is 18.0 Å². The molecule has 0 saturated heterocycles. The lowest BCUT2D eigenvalue weighted by Gasteiger charge is -2.08. The molecule has 0 aliphatic heterocycles. The highest BCUT2D eigenvalue weighted by molar-refractivity contribution is 6.32. The molecule has 8 heteroatoms. The minimum atomic E-state index is -4.90. The molecular formula is C7H3ClF3NO3. The fraction of sp³-hybridized carbons (Fsp3) is 0.143. The number of carbonyl (C=O) groups is 1. The van der Waals surface area contributed by atoms with Crippen molar-refractivity contribution < 1.29 is 27.8 Å². The van der Waals surface area contributed by atoms with Crippen molar-refractivity contribution in [3.63, 3.8) is 0 Å². The van der Waals surface area contributed by atoms with Crippen LogP contribution in [0.1, 0.15) is 10.4 Å². The van der Waals surface area contributed by atoms with Gasteiger partial charge in [-0.15, -0.1) is 13.2 Å². The van der Waals surface area contributed by atoms with E-state index < -0.39 is 28.8 Å². The van der Waals surface area contributed by atoms with E-state index in [2.05, 4.69) is 9.72 Å². The van der Waals surface area contributed by atoms with Crippen LogP contribution in [0.5, 0.6) is 5.75 Å². The van der Waals surface area contributed by atoms with Crippen molar-refractivity contribution in [2.45, 2.75) is 6.36 Å².